The molecule has 3 unspecified atom stereocenters. The van der Waals surface area contributed by atoms with E-state index in [1.165, 1.54) is 5.56 Å². The molecule has 1 aliphatic carbocycles. The van der Waals surface area contributed by atoms with E-state index in [9.17, 15) is 4.39 Å². The zero-order valence-electron chi connectivity index (χ0n) is 11.0. The van der Waals surface area contributed by atoms with Crippen molar-refractivity contribution in [2.45, 2.75) is 18.4 Å². The summed E-state index contributed by atoms with van der Waals surface area (Å²) in [4.78, 5) is 0. The Bertz CT molecular complexity index is 552. The van der Waals surface area contributed by atoms with E-state index in [1.807, 2.05) is 25.2 Å². The number of benzene rings is 2. The summed E-state index contributed by atoms with van der Waals surface area (Å²) in [5.74, 6) is 0.933. The number of hydrogen-bond donors (Lipinski definition) is 1. The zero-order chi connectivity index (χ0) is 13.2. The third-order valence-electron chi connectivity index (χ3n) is 4.05. The largest absolute Gasteiger partial charge is 0.313 e. The van der Waals surface area contributed by atoms with Crippen molar-refractivity contribution >= 4 is 0 Å². The summed E-state index contributed by atoms with van der Waals surface area (Å²) >= 11 is 0. The standard InChI is InChI=1S/C17H18FN/c1-19-17(13-9-5-6-10-16(13)18)15-11-14(15)12-7-3-2-4-8-12/h2-10,14-15,17,19H,11H2,1H3. The van der Waals surface area contributed by atoms with Crippen molar-refractivity contribution in [3.05, 3.63) is 71.5 Å². The summed E-state index contributed by atoms with van der Waals surface area (Å²) in [6, 6.07) is 17.7. The maximum Gasteiger partial charge on any atom is 0.127 e. The average Bonchev–Trinajstić information content (AvgIpc) is 3.23. The molecule has 0 aromatic heterocycles. The third kappa shape index (κ3) is 2.41. The molecule has 19 heavy (non-hydrogen) atoms. The minimum absolute atomic E-state index is 0.103. The van der Waals surface area contributed by atoms with E-state index in [1.54, 1.807) is 12.1 Å². The number of halogens is 1. The quantitative estimate of drug-likeness (QED) is 0.874. The fraction of sp³-hybridized carbons (Fsp3) is 0.294. The lowest BCUT2D eigenvalue weighted by atomic mass is 9.98. The van der Waals surface area contributed by atoms with Crippen molar-refractivity contribution in [1.82, 2.24) is 5.32 Å². The molecule has 0 saturated heterocycles. The molecule has 2 aromatic carbocycles. The molecule has 2 heteroatoms. The predicted molar refractivity (Wildman–Crippen MR) is 75.5 cm³/mol. The molecular weight excluding hydrogens is 237 g/mol. The van der Waals surface area contributed by atoms with E-state index in [0.717, 1.165) is 12.0 Å². The Kier molecular flexibility index (Phi) is 3.34. The molecule has 0 radical (unpaired) electrons. The Balaban J connectivity index is 1.81. The van der Waals surface area contributed by atoms with Gasteiger partial charge in [0, 0.05) is 11.6 Å². The van der Waals surface area contributed by atoms with Gasteiger partial charge < -0.3 is 5.32 Å². The Hall–Kier alpha value is -1.67. The zero-order valence-corrected chi connectivity index (χ0v) is 11.0. The van der Waals surface area contributed by atoms with Crippen LogP contribution in [-0.2, 0) is 0 Å². The van der Waals surface area contributed by atoms with Crippen LogP contribution in [0.1, 0.15) is 29.5 Å². The number of hydrogen-bond acceptors (Lipinski definition) is 1. The van der Waals surface area contributed by atoms with Crippen molar-refractivity contribution in [3.8, 4) is 0 Å². The lowest BCUT2D eigenvalue weighted by Crippen LogP contribution is -2.20. The first-order valence-electron chi connectivity index (χ1n) is 6.78. The van der Waals surface area contributed by atoms with Gasteiger partial charge in [-0.25, -0.2) is 4.39 Å². The summed E-state index contributed by atoms with van der Waals surface area (Å²) in [5, 5.41) is 3.28. The first-order chi connectivity index (χ1) is 9.31. The van der Waals surface area contributed by atoms with E-state index >= 15 is 0 Å². The van der Waals surface area contributed by atoms with Crippen LogP contribution in [-0.4, -0.2) is 7.05 Å². The molecule has 98 valence electrons. The Morgan fingerprint density at radius 2 is 1.74 bits per heavy atom. The van der Waals surface area contributed by atoms with Gasteiger partial charge in [0.2, 0.25) is 0 Å². The second-order valence-corrected chi connectivity index (χ2v) is 5.20. The highest BCUT2D eigenvalue weighted by atomic mass is 19.1. The molecule has 3 rings (SSSR count). The van der Waals surface area contributed by atoms with Gasteiger partial charge in [-0.15, -0.1) is 0 Å². The summed E-state index contributed by atoms with van der Waals surface area (Å²) in [7, 11) is 1.91. The molecule has 2 aromatic rings. The Morgan fingerprint density at radius 3 is 2.42 bits per heavy atom. The van der Waals surface area contributed by atoms with Gasteiger partial charge in [0.05, 0.1) is 0 Å². The van der Waals surface area contributed by atoms with Crippen LogP contribution in [0.25, 0.3) is 0 Å². The molecule has 1 fully saturated rings. The average molecular weight is 255 g/mol. The van der Waals surface area contributed by atoms with Gasteiger partial charge in [0.15, 0.2) is 0 Å². The van der Waals surface area contributed by atoms with E-state index < -0.39 is 0 Å². The molecule has 1 N–H and O–H groups in total. The molecule has 0 bridgehead atoms. The molecule has 0 spiro atoms. The van der Waals surface area contributed by atoms with Crippen LogP contribution in [0, 0.1) is 11.7 Å². The Labute approximate surface area is 113 Å². The highest BCUT2D eigenvalue weighted by Gasteiger charge is 2.44. The van der Waals surface area contributed by atoms with Crippen molar-refractivity contribution in [3.63, 3.8) is 0 Å². The molecule has 0 amide bonds. The minimum Gasteiger partial charge on any atom is -0.313 e. The van der Waals surface area contributed by atoms with Gasteiger partial charge in [-0.2, -0.15) is 0 Å². The smallest absolute Gasteiger partial charge is 0.127 e. The predicted octanol–water partition coefficient (Wildman–Crippen LogP) is 3.89. The van der Waals surface area contributed by atoms with Crippen molar-refractivity contribution < 1.29 is 4.39 Å². The fourth-order valence-electron chi connectivity index (χ4n) is 2.99. The second kappa shape index (κ2) is 5.14. The number of rotatable bonds is 4. The summed E-state index contributed by atoms with van der Waals surface area (Å²) < 4.78 is 13.9. The van der Waals surface area contributed by atoms with E-state index in [0.29, 0.717) is 11.8 Å². The van der Waals surface area contributed by atoms with Crippen LogP contribution in [0.5, 0.6) is 0 Å². The molecule has 1 nitrogen and oxygen atoms in total. The molecule has 3 atom stereocenters. The third-order valence-corrected chi connectivity index (χ3v) is 4.05. The second-order valence-electron chi connectivity index (χ2n) is 5.20. The van der Waals surface area contributed by atoms with Crippen molar-refractivity contribution in [1.29, 1.82) is 0 Å². The highest BCUT2D eigenvalue weighted by molar-refractivity contribution is 5.31. The van der Waals surface area contributed by atoms with Gasteiger partial charge in [0.1, 0.15) is 5.82 Å². The summed E-state index contributed by atoms with van der Waals surface area (Å²) in [6.45, 7) is 0. The summed E-state index contributed by atoms with van der Waals surface area (Å²) in [6.07, 6.45) is 1.13. The topological polar surface area (TPSA) is 12.0 Å². The molecule has 1 saturated carbocycles. The van der Waals surface area contributed by atoms with Gasteiger partial charge in [-0.1, -0.05) is 48.5 Å². The fourth-order valence-corrected chi connectivity index (χ4v) is 2.99. The summed E-state index contributed by atoms with van der Waals surface area (Å²) in [5.41, 5.74) is 2.15. The first kappa shape index (κ1) is 12.4. The lowest BCUT2D eigenvalue weighted by molar-refractivity contribution is 0.485. The van der Waals surface area contributed by atoms with Gasteiger partial charge >= 0.3 is 0 Å². The molecule has 1 aliphatic rings. The van der Waals surface area contributed by atoms with Crippen LogP contribution < -0.4 is 5.32 Å². The minimum atomic E-state index is -0.111. The van der Waals surface area contributed by atoms with Gasteiger partial charge in [-0.05, 0) is 36.9 Å². The van der Waals surface area contributed by atoms with Crippen LogP contribution >= 0.6 is 0 Å². The lowest BCUT2D eigenvalue weighted by Gasteiger charge is -2.17. The van der Waals surface area contributed by atoms with E-state index in [4.69, 9.17) is 0 Å². The van der Waals surface area contributed by atoms with Gasteiger partial charge in [0.25, 0.3) is 0 Å². The molecular formula is C17H18FN. The monoisotopic (exact) mass is 255 g/mol. The van der Waals surface area contributed by atoms with Crippen LogP contribution in [0.4, 0.5) is 4.39 Å². The number of nitrogens with one attached hydrogen (secondary N) is 1. The van der Waals surface area contributed by atoms with Crippen LogP contribution in [0.2, 0.25) is 0 Å². The maximum absolute atomic E-state index is 13.9. The molecule has 0 heterocycles. The van der Waals surface area contributed by atoms with Crippen LogP contribution in [0.3, 0.4) is 0 Å². The van der Waals surface area contributed by atoms with E-state index in [2.05, 4.69) is 29.6 Å². The van der Waals surface area contributed by atoms with Crippen molar-refractivity contribution in [2.24, 2.45) is 5.92 Å². The van der Waals surface area contributed by atoms with Crippen molar-refractivity contribution in [2.75, 3.05) is 7.05 Å². The Morgan fingerprint density at radius 1 is 1.05 bits per heavy atom. The highest BCUT2D eigenvalue weighted by Crippen LogP contribution is 2.54. The normalized spacial score (nSPS) is 23.1. The van der Waals surface area contributed by atoms with E-state index in [-0.39, 0.29) is 11.9 Å². The first-order valence-corrected chi connectivity index (χ1v) is 6.78. The van der Waals surface area contributed by atoms with Gasteiger partial charge in [-0.3, -0.25) is 0 Å². The molecule has 0 aliphatic heterocycles. The SMILES string of the molecule is CNC(c1ccccc1F)C1CC1c1ccccc1. The maximum atomic E-state index is 13.9. The van der Waals surface area contributed by atoms with Crippen LogP contribution in [0.15, 0.2) is 54.6 Å².